The first-order valence-corrected chi connectivity index (χ1v) is 13.9. The smallest absolute Gasteiger partial charge is 0.298 e. The van der Waals surface area contributed by atoms with Crippen molar-refractivity contribution in [2.24, 2.45) is 0 Å². The summed E-state index contributed by atoms with van der Waals surface area (Å²) in [5.41, 5.74) is -0.352. The van der Waals surface area contributed by atoms with Crippen LogP contribution >= 0.6 is 23.2 Å². The average molecular weight is 583 g/mol. The molecule has 0 saturated carbocycles. The Balaban J connectivity index is 2.15. The van der Waals surface area contributed by atoms with E-state index in [0.29, 0.717) is 18.2 Å². The highest BCUT2D eigenvalue weighted by molar-refractivity contribution is 7.86. The zero-order valence-electron chi connectivity index (χ0n) is 16.8. The number of carbonyl (C=O) groups is 1. The van der Waals surface area contributed by atoms with Crippen LogP contribution in [-0.2, 0) is 30.4 Å². The van der Waals surface area contributed by atoms with Crippen LogP contribution in [0.15, 0.2) is 69.3 Å². The van der Waals surface area contributed by atoms with Crippen molar-refractivity contribution in [1.29, 1.82) is 0 Å². The van der Waals surface area contributed by atoms with Gasteiger partial charge in [0.05, 0.1) is 9.92 Å². The number of rotatable bonds is 7. The predicted molar refractivity (Wildman–Crippen MR) is 122 cm³/mol. The minimum absolute atomic E-state index is 0.00449. The summed E-state index contributed by atoms with van der Waals surface area (Å²) in [6.07, 6.45) is 0. The Morgan fingerprint density at radius 1 is 0.686 bits per heavy atom. The topological polar surface area (TPSA) is 189 Å². The lowest BCUT2D eigenvalue weighted by atomic mass is 10.0. The third-order valence-electron chi connectivity index (χ3n) is 4.37. The van der Waals surface area contributed by atoms with Gasteiger partial charge in [0, 0.05) is 16.1 Å². The Morgan fingerprint density at radius 2 is 1.23 bits per heavy atom. The zero-order valence-corrected chi connectivity index (χ0v) is 20.7. The molecule has 0 aliphatic rings. The van der Waals surface area contributed by atoms with E-state index in [2.05, 4.69) is 0 Å². The van der Waals surface area contributed by atoms with Gasteiger partial charge in [0.25, 0.3) is 30.4 Å². The number of hydrogen-bond acceptors (Lipinski definition) is 8. The van der Waals surface area contributed by atoms with Gasteiger partial charge in [0.15, 0.2) is 5.78 Å². The summed E-state index contributed by atoms with van der Waals surface area (Å²) in [7, 11) is -15.1. The standard InChI is InChI=1S/C19H12Cl2O11S3/c20-11-2-4-14(21)13(8-11)19(22)10-1-5-15(17(7-10)34(26,27)28)32-16-6-3-12(33(23,24)25)9-18(16)35(29,30)31/h1-9H,(H,23,24,25)(H,26,27,28)(H,29,30,31). The second-order valence-corrected chi connectivity index (χ2v) is 11.8. The van der Waals surface area contributed by atoms with Gasteiger partial charge in [-0.1, -0.05) is 23.2 Å². The lowest BCUT2D eigenvalue weighted by molar-refractivity contribution is 0.103. The highest BCUT2D eigenvalue weighted by atomic mass is 35.5. The number of ether oxygens (including phenoxy) is 1. The number of carbonyl (C=O) groups excluding carboxylic acids is 1. The second kappa shape index (κ2) is 9.48. The Kier molecular flexibility index (Phi) is 7.32. The molecule has 0 radical (unpaired) electrons. The highest BCUT2D eigenvalue weighted by Crippen LogP contribution is 2.35. The molecular weight excluding hydrogens is 571 g/mol. The van der Waals surface area contributed by atoms with E-state index >= 15 is 0 Å². The molecule has 0 bridgehead atoms. The third kappa shape index (κ3) is 6.17. The quantitative estimate of drug-likeness (QED) is 0.271. The molecule has 0 heterocycles. The SMILES string of the molecule is O=C(c1ccc(Oc2ccc(S(=O)(=O)O)cc2S(=O)(=O)O)c(S(=O)(=O)O)c1)c1cc(Cl)ccc1Cl. The fourth-order valence-corrected chi connectivity index (χ4v) is 5.05. The molecule has 3 rings (SSSR count). The molecule has 0 unspecified atom stereocenters. The molecule has 16 heteroatoms. The molecule has 0 saturated heterocycles. The van der Waals surface area contributed by atoms with Gasteiger partial charge in [-0.2, -0.15) is 25.3 Å². The van der Waals surface area contributed by atoms with Crippen LogP contribution in [0.2, 0.25) is 10.0 Å². The van der Waals surface area contributed by atoms with E-state index in [1.807, 2.05) is 0 Å². The zero-order chi connectivity index (χ0) is 26.3. The van der Waals surface area contributed by atoms with Gasteiger partial charge in [-0.3, -0.25) is 18.5 Å². The molecule has 0 amide bonds. The summed E-state index contributed by atoms with van der Waals surface area (Å²) in [4.78, 5) is 9.81. The van der Waals surface area contributed by atoms with E-state index in [1.165, 1.54) is 18.2 Å². The Hall–Kier alpha value is -2.56. The first kappa shape index (κ1) is 27.0. The molecule has 3 N–H and O–H groups in total. The van der Waals surface area contributed by atoms with Crippen molar-refractivity contribution in [1.82, 2.24) is 0 Å². The van der Waals surface area contributed by atoms with Crippen molar-refractivity contribution < 1.29 is 48.4 Å². The highest BCUT2D eigenvalue weighted by Gasteiger charge is 2.26. The van der Waals surface area contributed by atoms with Gasteiger partial charge in [-0.25, -0.2) is 0 Å². The molecule has 11 nitrogen and oxygen atoms in total. The summed E-state index contributed by atoms with van der Waals surface area (Å²) in [5.74, 6) is -2.22. The minimum atomic E-state index is -5.14. The molecule has 0 atom stereocenters. The maximum atomic E-state index is 12.8. The van der Waals surface area contributed by atoms with Crippen molar-refractivity contribution in [2.45, 2.75) is 14.7 Å². The summed E-state index contributed by atoms with van der Waals surface area (Å²) < 4.78 is 103. The molecule has 3 aromatic carbocycles. The predicted octanol–water partition coefficient (Wildman–Crippen LogP) is 3.76. The normalized spacial score (nSPS) is 12.4. The molecule has 3 aromatic rings. The summed E-state index contributed by atoms with van der Waals surface area (Å²) in [6.45, 7) is 0. The Morgan fingerprint density at radius 3 is 1.77 bits per heavy atom. The van der Waals surface area contributed by atoms with Crippen LogP contribution in [0.4, 0.5) is 0 Å². The van der Waals surface area contributed by atoms with Crippen LogP contribution in [0, 0.1) is 0 Å². The summed E-state index contributed by atoms with van der Waals surface area (Å²) >= 11 is 11.9. The van der Waals surface area contributed by atoms with E-state index in [9.17, 15) is 39.2 Å². The van der Waals surface area contributed by atoms with Crippen molar-refractivity contribution in [3.8, 4) is 11.5 Å². The monoisotopic (exact) mass is 582 g/mol. The Bertz CT molecular complexity index is 1680. The minimum Gasteiger partial charge on any atom is -0.454 e. The molecule has 0 aliphatic carbocycles. The number of hydrogen-bond donors (Lipinski definition) is 3. The van der Waals surface area contributed by atoms with Gasteiger partial charge in [0.1, 0.15) is 21.3 Å². The van der Waals surface area contributed by atoms with Gasteiger partial charge in [0.2, 0.25) is 0 Å². The molecular formula is C19H12Cl2O11S3. The molecule has 186 valence electrons. The summed E-state index contributed by atoms with van der Waals surface area (Å²) in [5, 5.41) is 0.170. The van der Waals surface area contributed by atoms with E-state index in [-0.39, 0.29) is 21.2 Å². The van der Waals surface area contributed by atoms with Crippen LogP contribution in [-0.4, -0.2) is 44.7 Å². The van der Waals surface area contributed by atoms with Crippen molar-refractivity contribution in [3.05, 3.63) is 75.8 Å². The Labute approximate surface area is 209 Å². The number of halogens is 2. The molecule has 0 aromatic heterocycles. The lowest BCUT2D eigenvalue weighted by Crippen LogP contribution is -2.08. The van der Waals surface area contributed by atoms with Crippen molar-refractivity contribution in [3.63, 3.8) is 0 Å². The largest absolute Gasteiger partial charge is 0.454 e. The third-order valence-corrected chi connectivity index (χ3v) is 7.53. The van der Waals surface area contributed by atoms with E-state index < -0.39 is 62.3 Å². The van der Waals surface area contributed by atoms with Gasteiger partial charge in [-0.05, 0) is 54.6 Å². The van der Waals surface area contributed by atoms with Crippen LogP contribution < -0.4 is 4.74 Å². The average Bonchev–Trinajstić information content (AvgIpc) is 2.73. The van der Waals surface area contributed by atoms with Gasteiger partial charge >= 0.3 is 0 Å². The van der Waals surface area contributed by atoms with E-state index in [0.717, 1.165) is 18.2 Å². The number of benzene rings is 3. The van der Waals surface area contributed by atoms with Crippen molar-refractivity contribution >= 4 is 59.3 Å². The molecule has 35 heavy (non-hydrogen) atoms. The fraction of sp³-hybridized carbons (Fsp3) is 0. The molecule has 0 aliphatic heterocycles. The van der Waals surface area contributed by atoms with Gasteiger partial charge < -0.3 is 4.74 Å². The van der Waals surface area contributed by atoms with E-state index in [1.54, 1.807) is 0 Å². The van der Waals surface area contributed by atoms with E-state index in [4.69, 9.17) is 32.5 Å². The fourth-order valence-electron chi connectivity index (χ4n) is 2.82. The molecule has 0 spiro atoms. The maximum absolute atomic E-state index is 12.8. The molecule has 0 fully saturated rings. The van der Waals surface area contributed by atoms with Gasteiger partial charge in [-0.15, -0.1) is 0 Å². The van der Waals surface area contributed by atoms with Crippen LogP contribution in [0.3, 0.4) is 0 Å². The van der Waals surface area contributed by atoms with Crippen LogP contribution in [0.5, 0.6) is 11.5 Å². The van der Waals surface area contributed by atoms with Crippen LogP contribution in [0.1, 0.15) is 15.9 Å². The first-order chi connectivity index (χ1) is 16.0. The number of ketones is 1. The van der Waals surface area contributed by atoms with Crippen LogP contribution in [0.25, 0.3) is 0 Å². The maximum Gasteiger partial charge on any atom is 0.298 e. The second-order valence-electron chi connectivity index (χ2n) is 6.75. The first-order valence-electron chi connectivity index (χ1n) is 8.86. The van der Waals surface area contributed by atoms with Crippen molar-refractivity contribution in [2.75, 3.05) is 0 Å². The lowest BCUT2D eigenvalue weighted by Gasteiger charge is -2.14. The summed E-state index contributed by atoms with van der Waals surface area (Å²) in [6, 6.07) is 8.49.